The molecular formula is C18H15F4N3O2. The average molecular weight is 381 g/mol. The quantitative estimate of drug-likeness (QED) is 0.795. The molecular weight excluding hydrogens is 366 g/mol. The molecule has 5 nitrogen and oxygen atoms in total. The molecule has 2 aromatic carbocycles. The lowest BCUT2D eigenvalue weighted by Gasteiger charge is -2.17. The van der Waals surface area contributed by atoms with Gasteiger partial charge < -0.3 is 15.5 Å². The van der Waals surface area contributed by atoms with E-state index in [1.807, 2.05) is 0 Å². The molecule has 27 heavy (non-hydrogen) atoms. The molecule has 0 spiro atoms. The molecule has 0 aromatic heterocycles. The van der Waals surface area contributed by atoms with E-state index in [-0.39, 0.29) is 24.6 Å². The molecule has 1 heterocycles. The Morgan fingerprint density at radius 1 is 1.04 bits per heavy atom. The Morgan fingerprint density at radius 2 is 1.67 bits per heavy atom. The lowest BCUT2D eigenvalue weighted by Crippen LogP contribution is -2.39. The first-order chi connectivity index (χ1) is 12.7. The van der Waals surface area contributed by atoms with Crippen LogP contribution in [0.4, 0.5) is 33.7 Å². The zero-order chi connectivity index (χ0) is 19.6. The van der Waals surface area contributed by atoms with Gasteiger partial charge in [-0.05, 0) is 48.5 Å². The van der Waals surface area contributed by atoms with Crippen molar-refractivity contribution in [1.29, 1.82) is 0 Å². The molecule has 1 unspecified atom stereocenters. The number of carbonyl (C=O) groups excluding carboxylic acids is 2. The fourth-order valence-corrected chi connectivity index (χ4v) is 2.77. The lowest BCUT2D eigenvalue weighted by atomic mass is 10.2. The molecule has 9 heteroatoms. The smallest absolute Gasteiger partial charge is 0.333 e. The van der Waals surface area contributed by atoms with E-state index in [4.69, 9.17) is 0 Å². The Balaban J connectivity index is 1.57. The summed E-state index contributed by atoms with van der Waals surface area (Å²) >= 11 is 0. The standard InChI is InChI=1S/C18H15F4N3O2/c19-12-3-7-15(8-4-12)25-10-14(9-16(25)26)24-17(27)23-13-5-1-11(2-6-13)18(20,21)22/h1-8,14H,9-10H2,(H2,23,24,27). The highest BCUT2D eigenvalue weighted by molar-refractivity contribution is 5.97. The molecule has 3 amide bonds. The summed E-state index contributed by atoms with van der Waals surface area (Å²) in [4.78, 5) is 25.5. The van der Waals surface area contributed by atoms with Crippen molar-refractivity contribution in [3.05, 3.63) is 59.9 Å². The van der Waals surface area contributed by atoms with E-state index in [2.05, 4.69) is 10.6 Å². The van der Waals surface area contributed by atoms with Crippen LogP contribution in [0, 0.1) is 5.82 Å². The van der Waals surface area contributed by atoms with Gasteiger partial charge in [0.15, 0.2) is 0 Å². The number of urea groups is 1. The Hall–Kier alpha value is -3.10. The van der Waals surface area contributed by atoms with Gasteiger partial charge in [0.05, 0.1) is 11.6 Å². The first kappa shape index (κ1) is 18.7. The predicted octanol–water partition coefficient (Wildman–Crippen LogP) is 3.77. The van der Waals surface area contributed by atoms with Gasteiger partial charge in [0.1, 0.15) is 5.82 Å². The summed E-state index contributed by atoms with van der Waals surface area (Å²) in [5, 5.41) is 5.03. The van der Waals surface area contributed by atoms with Crippen molar-refractivity contribution in [1.82, 2.24) is 5.32 Å². The molecule has 1 aliphatic heterocycles. The van der Waals surface area contributed by atoms with Crippen LogP contribution in [0.5, 0.6) is 0 Å². The van der Waals surface area contributed by atoms with E-state index in [1.165, 1.54) is 29.2 Å². The van der Waals surface area contributed by atoms with E-state index in [9.17, 15) is 27.2 Å². The Morgan fingerprint density at radius 3 is 2.26 bits per heavy atom. The first-order valence-corrected chi connectivity index (χ1v) is 8.03. The number of nitrogens with one attached hydrogen (secondary N) is 2. The minimum atomic E-state index is -4.45. The van der Waals surface area contributed by atoms with Gasteiger partial charge in [0.25, 0.3) is 0 Å². The maximum absolute atomic E-state index is 13.0. The van der Waals surface area contributed by atoms with Crippen LogP contribution < -0.4 is 15.5 Å². The maximum atomic E-state index is 13.0. The number of halogens is 4. The second-order valence-electron chi connectivity index (χ2n) is 6.06. The number of rotatable bonds is 3. The molecule has 1 fully saturated rings. The molecule has 1 saturated heterocycles. The fraction of sp³-hybridized carbons (Fsp3) is 0.222. The van der Waals surface area contributed by atoms with Crippen LogP contribution in [-0.2, 0) is 11.0 Å². The minimum absolute atomic E-state index is 0.0673. The van der Waals surface area contributed by atoms with Crippen LogP contribution in [0.3, 0.4) is 0 Å². The SMILES string of the molecule is O=C(Nc1ccc(C(F)(F)F)cc1)NC1CC(=O)N(c2ccc(F)cc2)C1. The van der Waals surface area contributed by atoms with Crippen LogP contribution in [0.25, 0.3) is 0 Å². The Bertz CT molecular complexity index is 835. The third-order valence-corrected chi connectivity index (χ3v) is 4.07. The predicted molar refractivity (Wildman–Crippen MR) is 90.8 cm³/mol. The van der Waals surface area contributed by atoms with E-state index in [0.717, 1.165) is 24.3 Å². The third kappa shape index (κ3) is 4.55. The molecule has 0 radical (unpaired) electrons. The first-order valence-electron chi connectivity index (χ1n) is 8.03. The second-order valence-corrected chi connectivity index (χ2v) is 6.06. The second kappa shape index (κ2) is 7.26. The molecule has 2 aromatic rings. The molecule has 0 bridgehead atoms. The molecule has 3 rings (SSSR count). The van der Waals surface area contributed by atoms with Gasteiger partial charge in [0.2, 0.25) is 5.91 Å². The number of benzene rings is 2. The van der Waals surface area contributed by atoms with Crippen molar-refractivity contribution in [3.63, 3.8) is 0 Å². The maximum Gasteiger partial charge on any atom is 0.416 e. The van der Waals surface area contributed by atoms with Crippen molar-refractivity contribution in [2.45, 2.75) is 18.6 Å². The van der Waals surface area contributed by atoms with Crippen LogP contribution in [-0.4, -0.2) is 24.5 Å². The van der Waals surface area contributed by atoms with Crippen LogP contribution in [0.1, 0.15) is 12.0 Å². The molecule has 0 aliphatic carbocycles. The largest absolute Gasteiger partial charge is 0.416 e. The van der Waals surface area contributed by atoms with E-state index in [0.29, 0.717) is 5.69 Å². The van der Waals surface area contributed by atoms with Gasteiger partial charge in [-0.3, -0.25) is 4.79 Å². The van der Waals surface area contributed by atoms with Crippen molar-refractivity contribution in [2.24, 2.45) is 0 Å². The molecule has 142 valence electrons. The minimum Gasteiger partial charge on any atom is -0.333 e. The normalized spacial score (nSPS) is 17.1. The fourth-order valence-electron chi connectivity index (χ4n) is 2.77. The van der Waals surface area contributed by atoms with Crippen molar-refractivity contribution >= 4 is 23.3 Å². The van der Waals surface area contributed by atoms with E-state index < -0.39 is 29.6 Å². The zero-order valence-electron chi connectivity index (χ0n) is 13.9. The van der Waals surface area contributed by atoms with E-state index in [1.54, 1.807) is 0 Å². The number of amides is 3. The highest BCUT2D eigenvalue weighted by Crippen LogP contribution is 2.29. The van der Waals surface area contributed by atoms with Gasteiger partial charge in [-0.15, -0.1) is 0 Å². The third-order valence-electron chi connectivity index (χ3n) is 4.07. The Labute approximate surface area is 152 Å². The summed E-state index contributed by atoms with van der Waals surface area (Å²) in [6.45, 7) is 0.213. The molecule has 1 atom stereocenters. The molecule has 0 saturated carbocycles. The summed E-state index contributed by atoms with van der Waals surface area (Å²) in [5.41, 5.74) is -0.0983. The highest BCUT2D eigenvalue weighted by atomic mass is 19.4. The zero-order valence-corrected chi connectivity index (χ0v) is 13.9. The van der Waals surface area contributed by atoms with Crippen molar-refractivity contribution in [2.75, 3.05) is 16.8 Å². The number of alkyl halides is 3. The number of hydrogen-bond donors (Lipinski definition) is 2. The number of anilines is 2. The number of nitrogens with zero attached hydrogens (tertiary/aromatic N) is 1. The van der Waals surface area contributed by atoms with Gasteiger partial charge >= 0.3 is 12.2 Å². The Kier molecular flexibility index (Phi) is 5.02. The summed E-state index contributed by atoms with van der Waals surface area (Å²) < 4.78 is 50.6. The highest BCUT2D eigenvalue weighted by Gasteiger charge is 2.32. The van der Waals surface area contributed by atoms with Crippen molar-refractivity contribution < 1.29 is 27.2 Å². The number of hydrogen-bond acceptors (Lipinski definition) is 2. The van der Waals surface area contributed by atoms with Gasteiger partial charge in [0, 0.05) is 24.3 Å². The average Bonchev–Trinajstić information content (AvgIpc) is 2.95. The number of carbonyl (C=O) groups is 2. The summed E-state index contributed by atoms with van der Waals surface area (Å²) in [6, 6.07) is 8.33. The molecule has 2 N–H and O–H groups in total. The van der Waals surface area contributed by atoms with Crippen molar-refractivity contribution in [3.8, 4) is 0 Å². The van der Waals surface area contributed by atoms with Gasteiger partial charge in [-0.25, -0.2) is 9.18 Å². The van der Waals surface area contributed by atoms with Crippen LogP contribution in [0.2, 0.25) is 0 Å². The van der Waals surface area contributed by atoms with Gasteiger partial charge in [-0.1, -0.05) is 0 Å². The molecule has 1 aliphatic rings. The lowest BCUT2D eigenvalue weighted by molar-refractivity contribution is -0.137. The van der Waals surface area contributed by atoms with Gasteiger partial charge in [-0.2, -0.15) is 13.2 Å². The monoisotopic (exact) mass is 381 g/mol. The summed E-state index contributed by atoms with van der Waals surface area (Å²) in [7, 11) is 0. The summed E-state index contributed by atoms with van der Waals surface area (Å²) in [5.74, 6) is -0.641. The topological polar surface area (TPSA) is 61.4 Å². The summed E-state index contributed by atoms with van der Waals surface area (Å²) in [6.07, 6.45) is -4.38. The van der Waals surface area contributed by atoms with E-state index >= 15 is 0 Å². The van der Waals surface area contributed by atoms with Crippen LogP contribution >= 0.6 is 0 Å². The van der Waals surface area contributed by atoms with Crippen LogP contribution in [0.15, 0.2) is 48.5 Å².